The molecule has 2 rings (SSSR count). The Morgan fingerprint density at radius 1 is 1.38 bits per heavy atom. The quantitative estimate of drug-likeness (QED) is 0.734. The normalized spacial score (nSPS) is 14.8. The Morgan fingerprint density at radius 3 is 2.62 bits per heavy atom. The van der Waals surface area contributed by atoms with Crippen LogP contribution in [0.25, 0.3) is 0 Å². The van der Waals surface area contributed by atoms with Crippen LogP contribution in [0.4, 0.5) is 0 Å². The van der Waals surface area contributed by atoms with Crippen LogP contribution in [0.1, 0.15) is 35.3 Å². The molecule has 2 nitrogen and oxygen atoms in total. The molecule has 0 N–H and O–H groups in total. The maximum Gasteiger partial charge on any atom is 0.254 e. The van der Waals surface area contributed by atoms with Gasteiger partial charge in [0.1, 0.15) is 0 Å². The summed E-state index contributed by atoms with van der Waals surface area (Å²) in [5.41, 5.74) is 3.27. The summed E-state index contributed by atoms with van der Waals surface area (Å²) < 4.78 is 0. The predicted octanol–water partition coefficient (Wildman–Crippen LogP) is 3.08. The number of hydrogen-bond acceptors (Lipinski definition) is 2. The van der Waals surface area contributed by atoms with Gasteiger partial charge in [0.25, 0.3) is 5.91 Å². The van der Waals surface area contributed by atoms with Crippen LogP contribution in [0.15, 0.2) is 17.0 Å². The number of amides is 1. The summed E-state index contributed by atoms with van der Waals surface area (Å²) in [6.45, 7) is 6.95. The number of fused-ring (bicyclic) bond motifs is 1. The van der Waals surface area contributed by atoms with Crippen molar-refractivity contribution >= 4 is 17.7 Å². The largest absolute Gasteiger partial charge is 0.332 e. The number of nitrogens with zero attached hydrogens (tertiary/aromatic N) is 1. The second kappa shape index (κ2) is 4.13. The summed E-state index contributed by atoms with van der Waals surface area (Å²) in [6.07, 6.45) is 2.08. The van der Waals surface area contributed by atoms with Crippen LogP contribution in [0.2, 0.25) is 0 Å². The Hall–Kier alpha value is -0.960. The highest BCUT2D eigenvalue weighted by atomic mass is 32.2. The van der Waals surface area contributed by atoms with Crippen LogP contribution in [0.5, 0.6) is 0 Å². The molecule has 1 aliphatic rings. The van der Waals surface area contributed by atoms with E-state index in [1.807, 2.05) is 11.0 Å². The third-order valence-electron chi connectivity index (χ3n) is 3.08. The van der Waals surface area contributed by atoms with Crippen molar-refractivity contribution < 1.29 is 4.79 Å². The third-order valence-corrected chi connectivity index (χ3v) is 3.96. The smallest absolute Gasteiger partial charge is 0.254 e. The maximum atomic E-state index is 12.1. The molecule has 0 bridgehead atoms. The van der Waals surface area contributed by atoms with Crippen molar-refractivity contribution in [3.63, 3.8) is 0 Å². The molecule has 0 atom stereocenters. The molecule has 0 fully saturated rings. The second-order valence-electron chi connectivity index (χ2n) is 4.51. The Morgan fingerprint density at radius 2 is 2.06 bits per heavy atom. The molecule has 1 aromatic rings. The molecular formula is C13H17NOS. The fraction of sp³-hybridized carbons (Fsp3) is 0.462. The molecule has 0 unspecified atom stereocenters. The summed E-state index contributed by atoms with van der Waals surface area (Å²) in [7, 11) is 0. The van der Waals surface area contributed by atoms with Crippen LogP contribution in [0, 0.1) is 6.92 Å². The van der Waals surface area contributed by atoms with E-state index in [1.54, 1.807) is 11.8 Å². The maximum absolute atomic E-state index is 12.1. The molecule has 0 saturated carbocycles. The van der Waals surface area contributed by atoms with E-state index in [2.05, 4.69) is 33.1 Å². The first kappa shape index (κ1) is 11.5. The minimum atomic E-state index is 0.181. The van der Waals surface area contributed by atoms with Crippen molar-refractivity contribution in [2.45, 2.75) is 38.3 Å². The number of rotatable bonds is 2. The highest BCUT2D eigenvalue weighted by molar-refractivity contribution is 7.98. The number of hydrogen-bond donors (Lipinski definition) is 0. The zero-order valence-corrected chi connectivity index (χ0v) is 11.0. The monoisotopic (exact) mass is 235 g/mol. The molecule has 16 heavy (non-hydrogen) atoms. The van der Waals surface area contributed by atoms with Gasteiger partial charge in [-0.15, -0.1) is 11.8 Å². The number of carbonyl (C=O) groups excluding carboxylic acids is 1. The highest BCUT2D eigenvalue weighted by Crippen LogP contribution is 2.30. The zero-order chi connectivity index (χ0) is 11.9. The van der Waals surface area contributed by atoms with Crippen molar-refractivity contribution in [3.8, 4) is 0 Å². The van der Waals surface area contributed by atoms with Gasteiger partial charge >= 0.3 is 0 Å². The number of carbonyl (C=O) groups is 1. The van der Waals surface area contributed by atoms with Crippen molar-refractivity contribution in [1.82, 2.24) is 4.90 Å². The van der Waals surface area contributed by atoms with Crippen molar-refractivity contribution in [2.75, 3.05) is 6.26 Å². The number of benzene rings is 1. The minimum absolute atomic E-state index is 0.181. The van der Waals surface area contributed by atoms with E-state index in [-0.39, 0.29) is 11.9 Å². The second-order valence-corrected chi connectivity index (χ2v) is 5.35. The zero-order valence-electron chi connectivity index (χ0n) is 10.2. The molecule has 1 amide bonds. The molecule has 1 aromatic carbocycles. The topological polar surface area (TPSA) is 20.3 Å². The lowest BCUT2D eigenvalue weighted by atomic mass is 10.1. The van der Waals surface area contributed by atoms with Crippen LogP contribution < -0.4 is 0 Å². The molecule has 1 heterocycles. The van der Waals surface area contributed by atoms with Gasteiger partial charge in [-0.1, -0.05) is 0 Å². The Kier molecular flexibility index (Phi) is 2.98. The van der Waals surface area contributed by atoms with E-state index >= 15 is 0 Å². The van der Waals surface area contributed by atoms with Crippen LogP contribution in [0.3, 0.4) is 0 Å². The summed E-state index contributed by atoms with van der Waals surface area (Å²) in [5, 5.41) is 0. The molecule has 0 radical (unpaired) electrons. The van der Waals surface area contributed by atoms with Gasteiger partial charge in [-0.3, -0.25) is 4.79 Å². The summed E-state index contributed by atoms with van der Waals surface area (Å²) >= 11 is 1.74. The molecular weight excluding hydrogens is 218 g/mol. The fourth-order valence-electron chi connectivity index (χ4n) is 2.11. The average molecular weight is 235 g/mol. The van der Waals surface area contributed by atoms with Gasteiger partial charge in [-0.25, -0.2) is 0 Å². The Labute approximate surface area is 101 Å². The third kappa shape index (κ3) is 1.73. The van der Waals surface area contributed by atoms with Gasteiger partial charge in [-0.2, -0.15) is 0 Å². The lowest BCUT2D eigenvalue weighted by Crippen LogP contribution is -2.30. The van der Waals surface area contributed by atoms with E-state index in [9.17, 15) is 4.79 Å². The van der Waals surface area contributed by atoms with E-state index in [1.165, 1.54) is 16.0 Å². The van der Waals surface area contributed by atoms with Crippen molar-refractivity contribution in [2.24, 2.45) is 0 Å². The fourth-order valence-corrected chi connectivity index (χ4v) is 2.75. The molecule has 86 valence electrons. The van der Waals surface area contributed by atoms with E-state index in [0.29, 0.717) is 0 Å². The van der Waals surface area contributed by atoms with Crippen LogP contribution >= 0.6 is 11.8 Å². The standard InChI is InChI=1S/C13H17NOS/c1-8(2)14-7-10-6-12(16-4)9(3)5-11(10)13(14)15/h5-6,8H,7H2,1-4H3. The first-order valence-electron chi connectivity index (χ1n) is 5.53. The van der Waals surface area contributed by atoms with Crippen LogP contribution in [-0.4, -0.2) is 23.1 Å². The Bertz CT molecular complexity index is 440. The lowest BCUT2D eigenvalue weighted by molar-refractivity contribution is 0.0730. The van der Waals surface area contributed by atoms with Crippen molar-refractivity contribution in [1.29, 1.82) is 0 Å². The number of thioether (sulfide) groups is 1. The van der Waals surface area contributed by atoms with Crippen LogP contribution in [-0.2, 0) is 6.54 Å². The molecule has 3 heteroatoms. The van der Waals surface area contributed by atoms with Gasteiger partial charge in [-0.05, 0) is 50.3 Å². The molecule has 0 aromatic heterocycles. The van der Waals surface area contributed by atoms with E-state index < -0.39 is 0 Å². The highest BCUT2D eigenvalue weighted by Gasteiger charge is 2.29. The summed E-state index contributed by atoms with van der Waals surface area (Å²) in [6, 6.07) is 4.47. The van der Waals surface area contributed by atoms with Gasteiger partial charge in [0.05, 0.1) is 0 Å². The minimum Gasteiger partial charge on any atom is -0.332 e. The van der Waals surface area contributed by atoms with Gasteiger partial charge in [0.15, 0.2) is 0 Å². The lowest BCUT2D eigenvalue weighted by Gasteiger charge is -2.19. The molecule has 1 aliphatic heterocycles. The molecule has 0 saturated heterocycles. The molecule has 0 aliphatic carbocycles. The first-order valence-corrected chi connectivity index (χ1v) is 6.75. The molecule has 0 spiro atoms. The SMILES string of the molecule is CSc1cc2c(cc1C)C(=O)N(C(C)C)C2. The number of aryl methyl sites for hydroxylation is 1. The van der Waals surface area contributed by atoms with Gasteiger partial charge in [0.2, 0.25) is 0 Å². The first-order chi connectivity index (χ1) is 7.54. The summed E-state index contributed by atoms with van der Waals surface area (Å²) in [4.78, 5) is 15.3. The van der Waals surface area contributed by atoms with Gasteiger partial charge < -0.3 is 4.90 Å². The van der Waals surface area contributed by atoms with Gasteiger partial charge in [0, 0.05) is 23.0 Å². The average Bonchev–Trinajstić information content (AvgIpc) is 2.55. The van der Waals surface area contributed by atoms with E-state index in [0.717, 1.165) is 12.1 Å². The Balaban J connectivity index is 2.44. The van der Waals surface area contributed by atoms with E-state index in [4.69, 9.17) is 0 Å². The van der Waals surface area contributed by atoms with Crippen molar-refractivity contribution in [3.05, 3.63) is 28.8 Å². The predicted molar refractivity (Wildman–Crippen MR) is 68.0 cm³/mol. The summed E-state index contributed by atoms with van der Waals surface area (Å²) in [5.74, 6) is 0.181.